The first-order valence-corrected chi connectivity index (χ1v) is 14.5. The molecule has 45 heavy (non-hydrogen) atoms. The van der Waals surface area contributed by atoms with Crippen LogP contribution in [0.2, 0.25) is 0 Å². The maximum Gasteiger partial charge on any atom is 0.335 e. The van der Waals surface area contributed by atoms with Gasteiger partial charge in [-0.3, -0.25) is 28.8 Å². The molecule has 0 saturated carbocycles. The van der Waals surface area contributed by atoms with Crippen LogP contribution in [0.5, 0.6) is 5.75 Å². The summed E-state index contributed by atoms with van der Waals surface area (Å²) in [5, 5.41) is 32.4. The Hall–Kier alpha value is -4.37. The number of benzene rings is 1. The third-order valence-electron chi connectivity index (χ3n) is 6.48. The number of rotatable bonds is 26. The molecule has 0 spiro atoms. The number of carbonyl (C=O) groups is 7. The van der Waals surface area contributed by atoms with Gasteiger partial charge in [-0.2, -0.15) is 0 Å². The number of Topliss-reactive ketones (excluding diaryl/α,β-unsaturated/α-hetero) is 2. The second-order valence-electron chi connectivity index (χ2n) is 10.1. The molecule has 0 aliphatic heterocycles. The Morgan fingerprint density at radius 1 is 0.756 bits per heavy atom. The summed E-state index contributed by atoms with van der Waals surface area (Å²) in [5.74, 6) is -5.79. The highest BCUT2D eigenvalue weighted by Crippen LogP contribution is 2.16. The summed E-state index contributed by atoms with van der Waals surface area (Å²) >= 11 is 0. The van der Waals surface area contributed by atoms with E-state index >= 15 is 0 Å². The second-order valence-corrected chi connectivity index (χ2v) is 10.1. The van der Waals surface area contributed by atoms with Crippen LogP contribution in [-0.2, 0) is 38.2 Å². The minimum atomic E-state index is -1.25. The quantitative estimate of drug-likeness (QED) is 0.0906. The van der Waals surface area contributed by atoms with Crippen molar-refractivity contribution in [3.05, 3.63) is 29.8 Å². The number of hydrogen-bond acceptors (Lipinski definition) is 10. The highest BCUT2D eigenvalue weighted by molar-refractivity contribution is 5.90. The fourth-order valence-corrected chi connectivity index (χ4v) is 3.98. The van der Waals surface area contributed by atoms with Crippen LogP contribution in [0.1, 0.15) is 68.1 Å². The zero-order valence-electron chi connectivity index (χ0n) is 25.3. The molecule has 0 aliphatic carbocycles. The van der Waals surface area contributed by atoms with Crippen LogP contribution >= 0.6 is 0 Å². The number of hydrogen-bond donors (Lipinski definition) is 5. The monoisotopic (exact) mass is 638 g/mol. The molecule has 0 heterocycles. The first kappa shape index (κ1) is 38.7. The normalized spacial score (nSPS) is 12.0. The smallest absolute Gasteiger partial charge is 0.335 e. The largest absolute Gasteiger partial charge is 0.494 e. The fourth-order valence-electron chi connectivity index (χ4n) is 3.98. The van der Waals surface area contributed by atoms with Gasteiger partial charge in [0.2, 0.25) is 11.8 Å². The van der Waals surface area contributed by atoms with Crippen LogP contribution in [-0.4, -0.2) is 103 Å². The molecular formula is C30H42N2O13. The maximum absolute atomic E-state index is 12.7. The van der Waals surface area contributed by atoms with Crippen LogP contribution in [0.15, 0.2) is 24.3 Å². The minimum Gasteiger partial charge on any atom is -0.494 e. The summed E-state index contributed by atoms with van der Waals surface area (Å²) in [6, 6.07) is 4.67. The van der Waals surface area contributed by atoms with Crippen LogP contribution in [0.25, 0.3) is 0 Å². The molecule has 0 fully saturated rings. The Bertz CT molecular complexity index is 1140. The summed E-state index contributed by atoms with van der Waals surface area (Å²) in [6.45, 7) is 0.648. The number of carbonyl (C=O) groups excluding carboxylic acids is 4. The predicted octanol–water partition coefficient (Wildman–Crippen LogP) is 1.46. The topological polar surface area (TPSA) is 232 Å². The van der Waals surface area contributed by atoms with Gasteiger partial charge in [-0.15, -0.1) is 0 Å². The zero-order valence-corrected chi connectivity index (χ0v) is 25.3. The lowest BCUT2D eigenvalue weighted by Gasteiger charge is -2.18. The molecule has 5 N–H and O–H groups in total. The number of nitrogens with one attached hydrogen (secondary N) is 2. The van der Waals surface area contributed by atoms with Gasteiger partial charge in [0.1, 0.15) is 18.1 Å². The Balaban J connectivity index is 2.44. The van der Waals surface area contributed by atoms with Crippen molar-refractivity contribution in [1.29, 1.82) is 0 Å². The van der Waals surface area contributed by atoms with Gasteiger partial charge in [0.25, 0.3) is 0 Å². The number of ketones is 2. The number of carboxylic acids is 3. The van der Waals surface area contributed by atoms with E-state index in [2.05, 4.69) is 10.6 Å². The van der Waals surface area contributed by atoms with Gasteiger partial charge < -0.3 is 40.2 Å². The van der Waals surface area contributed by atoms with Gasteiger partial charge in [-0.25, -0.2) is 4.79 Å². The molecule has 2 atom stereocenters. The van der Waals surface area contributed by atoms with Gasteiger partial charge in [0.05, 0.1) is 37.3 Å². The highest BCUT2D eigenvalue weighted by atomic mass is 16.5. The Kier molecular flexibility index (Phi) is 19.1. The number of likely N-dealkylation sites (N-methyl/N-ethyl adjacent to an activating group) is 1. The van der Waals surface area contributed by atoms with Crippen LogP contribution in [0, 0.1) is 5.92 Å². The molecule has 0 aliphatic rings. The van der Waals surface area contributed by atoms with Crippen molar-refractivity contribution >= 4 is 41.3 Å². The third kappa shape index (κ3) is 18.1. The molecule has 250 valence electrons. The van der Waals surface area contributed by atoms with Crippen LogP contribution < -0.4 is 15.4 Å². The van der Waals surface area contributed by atoms with Gasteiger partial charge >= 0.3 is 17.9 Å². The molecule has 2 amide bonds. The SMILES string of the molecule is CNC(=O)COCCOCCCC(=O)C(CCC(=O)O)NC(=O)CCC(CC(=O)CCCOc1ccc(C(=O)O)cc1)C(=O)O. The van der Waals surface area contributed by atoms with E-state index in [1.54, 1.807) is 0 Å². The van der Waals surface area contributed by atoms with Crippen molar-refractivity contribution in [2.75, 3.05) is 40.1 Å². The van der Waals surface area contributed by atoms with E-state index in [0.29, 0.717) is 18.6 Å². The lowest BCUT2D eigenvalue weighted by molar-refractivity contribution is -0.144. The Morgan fingerprint density at radius 3 is 2.04 bits per heavy atom. The average molecular weight is 639 g/mol. The van der Waals surface area contributed by atoms with Crippen LogP contribution in [0.4, 0.5) is 0 Å². The molecule has 0 saturated heterocycles. The van der Waals surface area contributed by atoms with Crippen molar-refractivity contribution in [2.45, 2.75) is 63.8 Å². The van der Waals surface area contributed by atoms with Gasteiger partial charge in [-0.05, 0) is 49.9 Å². The molecule has 0 aromatic heterocycles. The number of aromatic carboxylic acids is 1. The summed E-state index contributed by atoms with van der Waals surface area (Å²) in [7, 11) is 1.48. The van der Waals surface area contributed by atoms with Crippen molar-refractivity contribution < 1.29 is 63.1 Å². The first-order chi connectivity index (χ1) is 21.4. The molecule has 2 unspecified atom stereocenters. The van der Waals surface area contributed by atoms with Crippen molar-refractivity contribution in [2.24, 2.45) is 5.92 Å². The standard InChI is InChI=1S/C30H42N2O13/c1-31-27(36)19-44-17-16-43-14-3-5-25(34)24(11-13-28(37)38)32-26(35)12-8-21(30(41)42)18-22(33)4-2-15-45-23-9-6-20(7-10-23)29(39)40/h6-7,9-10,21,24H,2-5,8,11-19H2,1H3,(H,31,36)(H,32,35)(H,37,38)(H,39,40)(H,41,42). The van der Waals surface area contributed by atoms with E-state index in [9.17, 15) is 38.7 Å². The number of aliphatic carboxylic acids is 2. The van der Waals surface area contributed by atoms with Crippen molar-refractivity contribution in [1.82, 2.24) is 10.6 Å². The number of carboxylic acid groups (broad SMARTS) is 3. The molecule has 1 aromatic carbocycles. The fraction of sp³-hybridized carbons (Fsp3) is 0.567. The third-order valence-corrected chi connectivity index (χ3v) is 6.48. The van der Waals surface area contributed by atoms with E-state index in [1.807, 2.05) is 0 Å². The number of amides is 2. The van der Waals surface area contributed by atoms with E-state index < -0.39 is 41.6 Å². The molecule has 15 heteroatoms. The highest BCUT2D eigenvalue weighted by Gasteiger charge is 2.25. The van der Waals surface area contributed by atoms with E-state index in [0.717, 1.165) is 0 Å². The van der Waals surface area contributed by atoms with E-state index in [1.165, 1.54) is 31.3 Å². The number of ether oxygens (including phenoxy) is 3. The molecular weight excluding hydrogens is 596 g/mol. The second kappa shape index (κ2) is 22.2. The van der Waals surface area contributed by atoms with Gasteiger partial charge in [0, 0.05) is 45.8 Å². The van der Waals surface area contributed by atoms with Gasteiger partial charge in [-0.1, -0.05) is 0 Å². The lowest BCUT2D eigenvalue weighted by Crippen LogP contribution is -2.41. The zero-order chi connectivity index (χ0) is 33.6. The Morgan fingerprint density at radius 2 is 1.42 bits per heavy atom. The Labute approximate surface area is 260 Å². The van der Waals surface area contributed by atoms with Crippen molar-refractivity contribution in [3.63, 3.8) is 0 Å². The van der Waals surface area contributed by atoms with E-state index in [4.69, 9.17) is 24.4 Å². The van der Waals surface area contributed by atoms with Crippen molar-refractivity contribution in [3.8, 4) is 5.75 Å². The predicted molar refractivity (Wildman–Crippen MR) is 157 cm³/mol. The maximum atomic E-state index is 12.7. The molecule has 0 bridgehead atoms. The molecule has 15 nitrogen and oxygen atoms in total. The first-order valence-electron chi connectivity index (χ1n) is 14.5. The molecule has 1 aromatic rings. The van der Waals surface area contributed by atoms with E-state index in [-0.39, 0.29) is 95.2 Å². The molecule has 0 radical (unpaired) electrons. The molecule has 1 rings (SSSR count). The van der Waals surface area contributed by atoms with Crippen LogP contribution in [0.3, 0.4) is 0 Å². The van der Waals surface area contributed by atoms with Gasteiger partial charge in [0.15, 0.2) is 5.78 Å². The lowest BCUT2D eigenvalue weighted by atomic mass is 9.95. The average Bonchev–Trinajstić information content (AvgIpc) is 3.00. The minimum absolute atomic E-state index is 0.00722. The summed E-state index contributed by atoms with van der Waals surface area (Å²) in [6.07, 6.45) is -0.580. The summed E-state index contributed by atoms with van der Waals surface area (Å²) in [5.41, 5.74) is 0.106. The summed E-state index contributed by atoms with van der Waals surface area (Å²) < 4.78 is 15.9. The summed E-state index contributed by atoms with van der Waals surface area (Å²) in [4.78, 5) is 82.3.